The standard InChI is InChI=1S/C43H30N2S/c1-43(2)34-14-7-6-13-32(34)33-24-23-31(26-35(33)43)44(28-11-4-3-5-12-28)29-19-21-30(22-20-29)45-36-15-9-17-39-41(36)42-37(45)25-18-27-10-8-16-38(46-39)40(27)42/h3-26H,1-2H3. The molecule has 218 valence electrons. The predicted octanol–water partition coefficient (Wildman–Crippen LogP) is 12.2. The second-order valence-corrected chi connectivity index (χ2v) is 14.1. The van der Waals surface area contributed by atoms with Crippen LogP contribution in [0.4, 0.5) is 17.1 Å². The molecule has 3 heteroatoms. The van der Waals surface area contributed by atoms with E-state index < -0.39 is 0 Å². The molecule has 0 bridgehead atoms. The molecule has 0 fully saturated rings. The molecule has 1 aromatic heterocycles. The molecule has 2 heterocycles. The monoisotopic (exact) mass is 606 g/mol. The Labute approximate surface area is 272 Å². The zero-order chi connectivity index (χ0) is 30.6. The van der Waals surface area contributed by atoms with E-state index in [0.717, 1.165) is 11.4 Å². The largest absolute Gasteiger partial charge is 0.310 e. The van der Waals surface area contributed by atoms with Gasteiger partial charge in [-0.15, -0.1) is 0 Å². The lowest BCUT2D eigenvalue weighted by Gasteiger charge is -2.28. The van der Waals surface area contributed by atoms with Gasteiger partial charge in [-0.05, 0) is 100 Å². The van der Waals surface area contributed by atoms with Gasteiger partial charge in [0, 0.05) is 54.1 Å². The molecule has 0 unspecified atom stereocenters. The first-order chi connectivity index (χ1) is 22.6. The number of nitrogens with zero attached hydrogens (tertiary/aromatic N) is 2. The van der Waals surface area contributed by atoms with E-state index in [4.69, 9.17) is 0 Å². The number of anilines is 3. The SMILES string of the molecule is CC1(C)c2ccccc2-c2ccc(N(c3ccccc3)c3ccc(-n4c5cccc6c5c5c7c(cccc7ccc54)S6)cc3)cc21. The number of hydrogen-bond donors (Lipinski definition) is 0. The summed E-state index contributed by atoms with van der Waals surface area (Å²) in [4.78, 5) is 5.06. The van der Waals surface area contributed by atoms with Gasteiger partial charge in [0.2, 0.25) is 0 Å². The average Bonchev–Trinajstić information content (AvgIpc) is 3.56. The molecule has 1 aliphatic carbocycles. The van der Waals surface area contributed by atoms with Crippen molar-refractivity contribution < 1.29 is 0 Å². The van der Waals surface area contributed by atoms with Crippen molar-refractivity contribution in [3.63, 3.8) is 0 Å². The van der Waals surface area contributed by atoms with Crippen LogP contribution in [0, 0.1) is 0 Å². The van der Waals surface area contributed by atoms with Crippen LogP contribution in [0.5, 0.6) is 0 Å². The normalized spacial score (nSPS) is 14.0. The molecule has 0 saturated heterocycles. The summed E-state index contributed by atoms with van der Waals surface area (Å²) in [6.45, 7) is 4.70. The second kappa shape index (κ2) is 9.38. The molecule has 0 spiro atoms. The van der Waals surface area contributed by atoms with Gasteiger partial charge in [0.15, 0.2) is 0 Å². The Morgan fingerprint density at radius 2 is 1.17 bits per heavy atom. The molecule has 46 heavy (non-hydrogen) atoms. The third-order valence-electron chi connectivity index (χ3n) is 10.1. The van der Waals surface area contributed by atoms with Gasteiger partial charge in [0.1, 0.15) is 0 Å². The van der Waals surface area contributed by atoms with Crippen LogP contribution in [0.25, 0.3) is 49.4 Å². The highest BCUT2D eigenvalue weighted by Gasteiger charge is 2.35. The van der Waals surface area contributed by atoms with Crippen LogP contribution in [0.3, 0.4) is 0 Å². The van der Waals surface area contributed by atoms with E-state index in [0.29, 0.717) is 0 Å². The Hall–Kier alpha value is -5.25. The number of hydrogen-bond acceptors (Lipinski definition) is 2. The zero-order valence-corrected chi connectivity index (χ0v) is 26.5. The second-order valence-electron chi connectivity index (χ2n) is 13.0. The van der Waals surface area contributed by atoms with Crippen molar-refractivity contribution in [2.45, 2.75) is 29.1 Å². The van der Waals surface area contributed by atoms with Crippen molar-refractivity contribution in [2.24, 2.45) is 0 Å². The molecular weight excluding hydrogens is 577 g/mol. The summed E-state index contributed by atoms with van der Waals surface area (Å²) >= 11 is 1.89. The van der Waals surface area contributed by atoms with E-state index >= 15 is 0 Å². The Balaban J connectivity index is 1.14. The maximum absolute atomic E-state index is 2.45. The van der Waals surface area contributed by atoms with Gasteiger partial charge < -0.3 is 9.47 Å². The highest BCUT2D eigenvalue weighted by molar-refractivity contribution is 8.00. The van der Waals surface area contributed by atoms with Crippen molar-refractivity contribution in [1.29, 1.82) is 0 Å². The highest BCUT2D eigenvalue weighted by atomic mass is 32.2. The van der Waals surface area contributed by atoms with Gasteiger partial charge in [0.25, 0.3) is 0 Å². The first kappa shape index (κ1) is 26.0. The molecule has 0 amide bonds. The molecule has 1 aliphatic heterocycles. The fourth-order valence-electron chi connectivity index (χ4n) is 8.03. The summed E-state index contributed by atoms with van der Waals surface area (Å²) < 4.78 is 2.45. The smallest absolute Gasteiger partial charge is 0.0552 e. The maximum Gasteiger partial charge on any atom is 0.0552 e. The van der Waals surface area contributed by atoms with Gasteiger partial charge in [0.05, 0.1) is 11.0 Å². The molecule has 8 aromatic rings. The van der Waals surface area contributed by atoms with Gasteiger partial charge in [-0.3, -0.25) is 0 Å². The van der Waals surface area contributed by atoms with Crippen LogP contribution in [-0.2, 0) is 5.41 Å². The first-order valence-corrected chi connectivity index (χ1v) is 16.8. The number of rotatable bonds is 4. The van der Waals surface area contributed by atoms with Crippen LogP contribution in [0.1, 0.15) is 25.0 Å². The van der Waals surface area contributed by atoms with Crippen molar-refractivity contribution in [3.8, 4) is 16.8 Å². The van der Waals surface area contributed by atoms with Crippen molar-refractivity contribution >= 4 is 61.4 Å². The summed E-state index contributed by atoms with van der Waals surface area (Å²) in [5, 5.41) is 5.42. The summed E-state index contributed by atoms with van der Waals surface area (Å²) in [6, 6.07) is 53.7. The average molecular weight is 607 g/mol. The first-order valence-electron chi connectivity index (χ1n) is 15.9. The highest BCUT2D eigenvalue weighted by Crippen LogP contribution is 2.52. The van der Waals surface area contributed by atoms with Crippen molar-refractivity contribution in [2.75, 3.05) is 4.90 Å². The molecule has 0 saturated carbocycles. The van der Waals surface area contributed by atoms with E-state index in [1.165, 1.54) is 76.0 Å². The van der Waals surface area contributed by atoms with E-state index in [1.807, 2.05) is 11.8 Å². The van der Waals surface area contributed by atoms with Gasteiger partial charge in [-0.25, -0.2) is 0 Å². The van der Waals surface area contributed by atoms with Crippen molar-refractivity contribution in [3.05, 3.63) is 157 Å². The fourth-order valence-corrected chi connectivity index (χ4v) is 9.19. The molecule has 0 radical (unpaired) electrons. The molecule has 2 nitrogen and oxygen atoms in total. The van der Waals surface area contributed by atoms with Gasteiger partial charge in [-0.1, -0.05) is 98.4 Å². The number of fused-ring (bicyclic) bond motifs is 3. The molecule has 10 rings (SSSR count). The van der Waals surface area contributed by atoms with E-state index in [-0.39, 0.29) is 5.41 Å². The zero-order valence-electron chi connectivity index (χ0n) is 25.7. The lowest BCUT2D eigenvalue weighted by atomic mass is 9.82. The van der Waals surface area contributed by atoms with Crippen LogP contribution < -0.4 is 4.90 Å². The van der Waals surface area contributed by atoms with Crippen LogP contribution in [-0.4, -0.2) is 4.57 Å². The van der Waals surface area contributed by atoms with Gasteiger partial charge >= 0.3 is 0 Å². The third-order valence-corrected chi connectivity index (χ3v) is 11.3. The summed E-state index contributed by atoms with van der Waals surface area (Å²) in [7, 11) is 0. The topological polar surface area (TPSA) is 8.17 Å². The minimum atomic E-state index is -0.0600. The minimum absolute atomic E-state index is 0.0600. The number of benzene rings is 7. The number of aromatic nitrogens is 1. The molecular formula is C43H30N2S. The minimum Gasteiger partial charge on any atom is -0.310 e. The molecule has 0 atom stereocenters. The van der Waals surface area contributed by atoms with Crippen LogP contribution in [0.15, 0.2) is 155 Å². The van der Waals surface area contributed by atoms with Crippen molar-refractivity contribution in [1.82, 2.24) is 4.57 Å². The van der Waals surface area contributed by atoms with Crippen LogP contribution in [0.2, 0.25) is 0 Å². The predicted molar refractivity (Wildman–Crippen MR) is 195 cm³/mol. The van der Waals surface area contributed by atoms with E-state index in [2.05, 4.69) is 169 Å². The molecule has 0 N–H and O–H groups in total. The Kier molecular flexibility index (Phi) is 5.31. The maximum atomic E-state index is 2.45. The lowest BCUT2D eigenvalue weighted by molar-refractivity contribution is 0.660. The summed E-state index contributed by atoms with van der Waals surface area (Å²) in [6.07, 6.45) is 0. The summed E-state index contributed by atoms with van der Waals surface area (Å²) in [5.74, 6) is 0. The van der Waals surface area contributed by atoms with E-state index in [9.17, 15) is 0 Å². The molecule has 7 aromatic carbocycles. The lowest BCUT2D eigenvalue weighted by Crippen LogP contribution is -2.16. The Morgan fingerprint density at radius 1 is 0.500 bits per heavy atom. The fraction of sp³-hybridized carbons (Fsp3) is 0.0698. The van der Waals surface area contributed by atoms with Gasteiger partial charge in [-0.2, -0.15) is 0 Å². The van der Waals surface area contributed by atoms with Crippen LogP contribution >= 0.6 is 11.8 Å². The summed E-state index contributed by atoms with van der Waals surface area (Å²) in [5.41, 5.74) is 12.5. The Bertz CT molecular complexity index is 2520. The quantitative estimate of drug-likeness (QED) is 0.197. The number of para-hydroxylation sites is 1. The molecule has 2 aliphatic rings. The Morgan fingerprint density at radius 3 is 2.02 bits per heavy atom. The van der Waals surface area contributed by atoms with E-state index in [1.54, 1.807) is 0 Å². The third kappa shape index (κ3) is 3.49.